The summed E-state index contributed by atoms with van der Waals surface area (Å²) in [6.07, 6.45) is 2.56. The van der Waals surface area contributed by atoms with Gasteiger partial charge in [0.2, 0.25) is 5.91 Å². The molecule has 0 aromatic heterocycles. The summed E-state index contributed by atoms with van der Waals surface area (Å²) in [5.74, 6) is 0.786. The smallest absolute Gasteiger partial charge is 0.246 e. The van der Waals surface area contributed by atoms with Crippen LogP contribution in [0, 0.1) is 5.92 Å². The van der Waals surface area contributed by atoms with E-state index in [1.807, 2.05) is 12.1 Å². The fourth-order valence-corrected chi connectivity index (χ4v) is 2.22. The fourth-order valence-electron chi connectivity index (χ4n) is 2.04. The van der Waals surface area contributed by atoms with Gasteiger partial charge in [0, 0.05) is 16.3 Å². The zero-order chi connectivity index (χ0) is 11.1. The highest BCUT2D eigenvalue weighted by atomic mass is 35.5. The van der Waals surface area contributed by atoms with Crippen molar-refractivity contribution in [2.75, 3.05) is 11.9 Å². The Labute approximate surface area is 99.2 Å². The van der Waals surface area contributed by atoms with E-state index in [2.05, 4.69) is 10.6 Å². The highest BCUT2D eigenvalue weighted by Gasteiger charge is 2.32. The third kappa shape index (κ3) is 1.81. The zero-order valence-corrected chi connectivity index (χ0v) is 9.55. The predicted octanol–water partition coefficient (Wildman–Crippen LogP) is 2.33. The molecule has 0 spiro atoms. The molecule has 1 atom stereocenters. The van der Waals surface area contributed by atoms with E-state index in [4.69, 9.17) is 11.6 Å². The van der Waals surface area contributed by atoms with Crippen molar-refractivity contribution in [1.82, 2.24) is 5.32 Å². The van der Waals surface area contributed by atoms with Gasteiger partial charge in [0.05, 0.1) is 0 Å². The first-order valence-electron chi connectivity index (χ1n) is 5.58. The minimum atomic E-state index is -0.228. The van der Waals surface area contributed by atoms with Gasteiger partial charge in [-0.05, 0) is 43.5 Å². The van der Waals surface area contributed by atoms with E-state index in [0.717, 1.165) is 23.7 Å². The lowest BCUT2D eigenvalue weighted by Crippen LogP contribution is -2.29. The summed E-state index contributed by atoms with van der Waals surface area (Å²) in [6.45, 7) is 0.921. The summed E-state index contributed by atoms with van der Waals surface area (Å²) in [4.78, 5) is 11.8. The maximum Gasteiger partial charge on any atom is 0.246 e. The first kappa shape index (κ1) is 10.1. The van der Waals surface area contributed by atoms with Crippen molar-refractivity contribution < 1.29 is 4.79 Å². The molecule has 4 heteroatoms. The second-order valence-electron chi connectivity index (χ2n) is 4.51. The summed E-state index contributed by atoms with van der Waals surface area (Å²) in [7, 11) is 0. The number of hydrogen-bond donors (Lipinski definition) is 2. The van der Waals surface area contributed by atoms with E-state index in [1.165, 1.54) is 12.8 Å². The lowest BCUT2D eigenvalue weighted by molar-refractivity contribution is -0.117. The van der Waals surface area contributed by atoms with Crippen LogP contribution in [0.25, 0.3) is 0 Å². The molecular formula is C12H13ClN2O. The number of fused-ring (bicyclic) bond motifs is 1. The van der Waals surface area contributed by atoms with Gasteiger partial charge in [-0.3, -0.25) is 4.79 Å². The number of anilines is 1. The average Bonchev–Trinajstić information content (AvgIpc) is 3.01. The predicted molar refractivity (Wildman–Crippen MR) is 63.5 cm³/mol. The van der Waals surface area contributed by atoms with Crippen molar-refractivity contribution in [1.29, 1.82) is 0 Å². The zero-order valence-electron chi connectivity index (χ0n) is 8.79. The van der Waals surface area contributed by atoms with E-state index in [-0.39, 0.29) is 11.9 Å². The first-order chi connectivity index (χ1) is 7.74. The molecule has 1 amide bonds. The number of nitrogens with one attached hydrogen (secondary N) is 2. The maximum absolute atomic E-state index is 11.8. The van der Waals surface area contributed by atoms with Gasteiger partial charge in [0.25, 0.3) is 0 Å². The van der Waals surface area contributed by atoms with Gasteiger partial charge in [0.1, 0.15) is 6.04 Å². The third-order valence-electron chi connectivity index (χ3n) is 3.15. The Bertz CT molecular complexity index is 443. The van der Waals surface area contributed by atoms with Crippen LogP contribution >= 0.6 is 11.6 Å². The summed E-state index contributed by atoms with van der Waals surface area (Å²) < 4.78 is 0. The van der Waals surface area contributed by atoms with Crippen LogP contribution in [-0.4, -0.2) is 12.5 Å². The van der Waals surface area contributed by atoms with Crippen molar-refractivity contribution in [2.45, 2.75) is 18.9 Å². The molecule has 1 aromatic rings. The van der Waals surface area contributed by atoms with Gasteiger partial charge in [0.15, 0.2) is 0 Å². The van der Waals surface area contributed by atoms with E-state index in [1.54, 1.807) is 6.07 Å². The molecule has 1 fully saturated rings. The summed E-state index contributed by atoms with van der Waals surface area (Å²) in [6, 6.07) is 5.28. The molecule has 1 heterocycles. The maximum atomic E-state index is 11.8. The summed E-state index contributed by atoms with van der Waals surface area (Å²) >= 11 is 5.94. The fraction of sp³-hybridized carbons (Fsp3) is 0.417. The lowest BCUT2D eigenvalue weighted by atomic mass is 10.1. The number of carbonyl (C=O) groups excluding carboxylic acids is 1. The van der Waals surface area contributed by atoms with Crippen LogP contribution in [0.3, 0.4) is 0 Å². The lowest BCUT2D eigenvalue weighted by Gasteiger charge is -2.10. The number of benzene rings is 1. The van der Waals surface area contributed by atoms with Gasteiger partial charge in [-0.1, -0.05) is 11.6 Å². The molecule has 0 saturated heterocycles. The molecule has 3 rings (SSSR count). The molecule has 1 aliphatic carbocycles. The minimum absolute atomic E-state index is 0.0258. The standard InChI is InChI=1S/C12H13ClN2O/c13-8-3-4-10-9(5-8)11(12(16)15-10)14-6-7-1-2-7/h3-5,7,11,14H,1-2,6H2,(H,15,16). The molecule has 0 radical (unpaired) electrons. The Morgan fingerprint density at radius 1 is 1.44 bits per heavy atom. The molecule has 16 heavy (non-hydrogen) atoms. The first-order valence-corrected chi connectivity index (χ1v) is 5.95. The molecule has 1 unspecified atom stereocenters. The van der Waals surface area contributed by atoms with Crippen LogP contribution < -0.4 is 10.6 Å². The van der Waals surface area contributed by atoms with E-state index in [9.17, 15) is 4.79 Å². The highest BCUT2D eigenvalue weighted by molar-refractivity contribution is 6.31. The number of amides is 1. The van der Waals surface area contributed by atoms with Crippen LogP contribution in [-0.2, 0) is 4.79 Å². The molecule has 3 nitrogen and oxygen atoms in total. The van der Waals surface area contributed by atoms with Gasteiger partial charge in [-0.15, -0.1) is 0 Å². The van der Waals surface area contributed by atoms with Crippen molar-refractivity contribution in [3.63, 3.8) is 0 Å². The Morgan fingerprint density at radius 2 is 2.25 bits per heavy atom. The second kappa shape index (κ2) is 3.75. The van der Waals surface area contributed by atoms with Crippen molar-refractivity contribution in [3.05, 3.63) is 28.8 Å². The molecule has 1 aromatic carbocycles. The monoisotopic (exact) mass is 236 g/mol. The SMILES string of the molecule is O=C1Nc2ccc(Cl)cc2C1NCC1CC1. The molecule has 1 saturated carbocycles. The van der Waals surface area contributed by atoms with Crippen LogP contribution in [0.5, 0.6) is 0 Å². The van der Waals surface area contributed by atoms with Crippen molar-refractivity contribution in [3.8, 4) is 0 Å². The topological polar surface area (TPSA) is 41.1 Å². The second-order valence-corrected chi connectivity index (χ2v) is 4.94. The molecule has 0 bridgehead atoms. The van der Waals surface area contributed by atoms with Crippen LogP contribution in [0.1, 0.15) is 24.4 Å². The molecule has 2 aliphatic rings. The Hall–Kier alpha value is -1.06. The van der Waals surface area contributed by atoms with Crippen LogP contribution in [0.2, 0.25) is 5.02 Å². The average molecular weight is 237 g/mol. The van der Waals surface area contributed by atoms with E-state index >= 15 is 0 Å². The van der Waals surface area contributed by atoms with Crippen LogP contribution in [0.15, 0.2) is 18.2 Å². The largest absolute Gasteiger partial charge is 0.324 e. The molecular weight excluding hydrogens is 224 g/mol. The number of halogens is 1. The number of rotatable bonds is 3. The normalized spacial score (nSPS) is 23.1. The van der Waals surface area contributed by atoms with Crippen molar-refractivity contribution in [2.24, 2.45) is 5.92 Å². The van der Waals surface area contributed by atoms with Gasteiger partial charge >= 0.3 is 0 Å². The summed E-state index contributed by atoms with van der Waals surface area (Å²) in [5.41, 5.74) is 1.85. The molecule has 84 valence electrons. The molecule has 1 aliphatic heterocycles. The highest BCUT2D eigenvalue weighted by Crippen LogP contribution is 2.34. The Morgan fingerprint density at radius 3 is 3.00 bits per heavy atom. The quantitative estimate of drug-likeness (QED) is 0.846. The van der Waals surface area contributed by atoms with Crippen molar-refractivity contribution >= 4 is 23.2 Å². The van der Waals surface area contributed by atoms with Crippen LogP contribution in [0.4, 0.5) is 5.69 Å². The van der Waals surface area contributed by atoms with Gasteiger partial charge in [-0.2, -0.15) is 0 Å². The number of carbonyl (C=O) groups is 1. The Kier molecular flexibility index (Phi) is 2.37. The number of hydrogen-bond acceptors (Lipinski definition) is 2. The third-order valence-corrected chi connectivity index (χ3v) is 3.39. The Balaban J connectivity index is 1.82. The minimum Gasteiger partial charge on any atom is -0.324 e. The van der Waals surface area contributed by atoms with E-state index < -0.39 is 0 Å². The summed E-state index contributed by atoms with van der Waals surface area (Å²) in [5, 5.41) is 6.84. The van der Waals surface area contributed by atoms with Gasteiger partial charge < -0.3 is 10.6 Å². The van der Waals surface area contributed by atoms with Gasteiger partial charge in [-0.25, -0.2) is 0 Å². The van der Waals surface area contributed by atoms with E-state index in [0.29, 0.717) is 5.02 Å². The molecule has 2 N–H and O–H groups in total.